The summed E-state index contributed by atoms with van der Waals surface area (Å²) in [5, 5.41) is 0. The number of rotatable bonds is 4. The summed E-state index contributed by atoms with van der Waals surface area (Å²) < 4.78 is 0. The molecule has 0 saturated carbocycles. The van der Waals surface area contributed by atoms with Crippen LogP contribution in [0.1, 0.15) is 23.2 Å². The summed E-state index contributed by atoms with van der Waals surface area (Å²) in [4.78, 5) is 30.6. The molecule has 4 rings (SSSR count). The first kappa shape index (κ1) is 19.4. The molecule has 2 saturated heterocycles. The van der Waals surface area contributed by atoms with E-state index in [2.05, 4.69) is 0 Å². The molecule has 146 valence electrons. The van der Waals surface area contributed by atoms with Crippen LogP contribution in [-0.4, -0.2) is 57.6 Å². The highest BCUT2D eigenvalue weighted by atomic mass is 32.2. The zero-order valence-electron chi connectivity index (χ0n) is 15.8. The summed E-state index contributed by atoms with van der Waals surface area (Å²) >= 11 is 3.47. The lowest BCUT2D eigenvalue weighted by Gasteiger charge is -2.44. The Morgan fingerprint density at radius 3 is 2.25 bits per heavy atom. The van der Waals surface area contributed by atoms with E-state index in [0.29, 0.717) is 5.75 Å². The van der Waals surface area contributed by atoms with Gasteiger partial charge in [-0.05, 0) is 37.1 Å². The van der Waals surface area contributed by atoms with Crippen molar-refractivity contribution in [1.29, 1.82) is 0 Å². The molecule has 6 heteroatoms. The first-order valence-corrected chi connectivity index (χ1v) is 11.6. The second kappa shape index (κ2) is 8.62. The first-order valence-electron chi connectivity index (χ1n) is 9.65. The van der Waals surface area contributed by atoms with Crippen molar-refractivity contribution in [2.75, 3.05) is 31.1 Å². The molecule has 0 aliphatic carbocycles. The number of nitrogens with zero attached hydrogens (tertiary/aromatic N) is 2. The molecule has 2 aliphatic heterocycles. The molecule has 0 radical (unpaired) electrons. The molecule has 2 fully saturated rings. The van der Waals surface area contributed by atoms with Crippen LogP contribution >= 0.6 is 23.5 Å². The molecule has 0 N–H and O–H groups in total. The molecule has 4 nitrogen and oxygen atoms in total. The van der Waals surface area contributed by atoms with Gasteiger partial charge in [-0.1, -0.05) is 36.4 Å². The lowest BCUT2D eigenvalue weighted by Crippen LogP contribution is -2.53. The Hall–Kier alpha value is -1.92. The zero-order chi connectivity index (χ0) is 19.4. The average molecular weight is 413 g/mol. The van der Waals surface area contributed by atoms with Crippen LogP contribution in [0.5, 0.6) is 0 Å². The number of piperidine rings is 1. The van der Waals surface area contributed by atoms with Gasteiger partial charge in [0, 0.05) is 35.8 Å². The number of hydrogen-bond donors (Lipinski definition) is 0. The maximum Gasteiger partial charge on any atom is 0.254 e. The third kappa shape index (κ3) is 4.08. The van der Waals surface area contributed by atoms with E-state index in [1.54, 1.807) is 11.8 Å². The predicted molar refractivity (Wildman–Crippen MR) is 116 cm³/mol. The van der Waals surface area contributed by atoms with Gasteiger partial charge in [-0.15, -0.1) is 23.5 Å². The molecule has 2 aliphatic rings. The SMILES string of the molecule is O=C(CSc1ccccc1)N1CCC2(CC1)SCCN2C(=O)c1ccccc1. The van der Waals surface area contributed by atoms with Crippen LogP contribution in [0.25, 0.3) is 0 Å². The number of carbonyl (C=O) groups excluding carboxylic acids is 2. The number of likely N-dealkylation sites (tertiary alicyclic amines) is 1. The van der Waals surface area contributed by atoms with Crippen molar-refractivity contribution < 1.29 is 9.59 Å². The Kier molecular flexibility index (Phi) is 5.97. The van der Waals surface area contributed by atoms with E-state index in [0.717, 1.165) is 48.7 Å². The largest absolute Gasteiger partial charge is 0.342 e. The number of amides is 2. The molecule has 2 heterocycles. The molecule has 2 aromatic carbocycles. The smallest absolute Gasteiger partial charge is 0.254 e. The molecular weight excluding hydrogens is 388 g/mol. The fourth-order valence-electron chi connectivity index (χ4n) is 3.90. The van der Waals surface area contributed by atoms with Crippen LogP contribution in [0, 0.1) is 0 Å². The predicted octanol–water partition coefficient (Wildman–Crippen LogP) is 3.99. The maximum absolute atomic E-state index is 13.0. The highest BCUT2D eigenvalue weighted by Crippen LogP contribution is 2.44. The van der Waals surface area contributed by atoms with Crippen molar-refractivity contribution in [3.63, 3.8) is 0 Å². The van der Waals surface area contributed by atoms with Gasteiger partial charge < -0.3 is 9.80 Å². The van der Waals surface area contributed by atoms with Gasteiger partial charge in [0.1, 0.15) is 0 Å². The molecule has 2 aromatic rings. The topological polar surface area (TPSA) is 40.6 Å². The van der Waals surface area contributed by atoms with Gasteiger partial charge in [0.15, 0.2) is 0 Å². The normalized spacial score (nSPS) is 18.4. The Bertz CT molecular complexity index is 821. The quantitative estimate of drug-likeness (QED) is 0.712. The number of benzene rings is 2. The van der Waals surface area contributed by atoms with Crippen LogP contribution in [0.3, 0.4) is 0 Å². The van der Waals surface area contributed by atoms with Crippen LogP contribution in [0.15, 0.2) is 65.6 Å². The summed E-state index contributed by atoms with van der Waals surface area (Å²) in [7, 11) is 0. The summed E-state index contributed by atoms with van der Waals surface area (Å²) in [6.45, 7) is 2.23. The van der Waals surface area contributed by atoms with Crippen molar-refractivity contribution in [2.45, 2.75) is 22.6 Å². The highest BCUT2D eigenvalue weighted by Gasteiger charge is 2.46. The summed E-state index contributed by atoms with van der Waals surface area (Å²) in [6.07, 6.45) is 1.69. The lowest BCUT2D eigenvalue weighted by atomic mass is 10.0. The summed E-state index contributed by atoms with van der Waals surface area (Å²) in [5.41, 5.74) is 0.752. The van der Waals surface area contributed by atoms with Crippen LogP contribution in [-0.2, 0) is 4.79 Å². The summed E-state index contributed by atoms with van der Waals surface area (Å²) in [5.74, 6) is 1.74. The second-order valence-corrected chi connectivity index (χ2v) is 9.61. The first-order chi connectivity index (χ1) is 13.7. The fraction of sp³-hybridized carbons (Fsp3) is 0.364. The molecule has 0 aromatic heterocycles. The minimum atomic E-state index is -0.156. The molecule has 0 unspecified atom stereocenters. The van der Waals surface area contributed by atoms with Gasteiger partial charge in [-0.25, -0.2) is 0 Å². The zero-order valence-corrected chi connectivity index (χ0v) is 17.4. The van der Waals surface area contributed by atoms with Gasteiger partial charge in [0.25, 0.3) is 5.91 Å². The Labute approximate surface area is 174 Å². The summed E-state index contributed by atoms with van der Waals surface area (Å²) in [6, 6.07) is 19.6. The van der Waals surface area contributed by atoms with E-state index in [1.165, 1.54) is 0 Å². The van der Waals surface area contributed by atoms with E-state index in [-0.39, 0.29) is 16.7 Å². The minimum absolute atomic E-state index is 0.116. The van der Waals surface area contributed by atoms with Crippen molar-refractivity contribution in [1.82, 2.24) is 9.80 Å². The van der Waals surface area contributed by atoms with Gasteiger partial charge >= 0.3 is 0 Å². The van der Waals surface area contributed by atoms with Crippen LogP contribution in [0.2, 0.25) is 0 Å². The lowest BCUT2D eigenvalue weighted by molar-refractivity contribution is -0.129. The molecule has 28 heavy (non-hydrogen) atoms. The standard InChI is InChI=1S/C22H24N2O2S2/c25-20(17-27-19-9-5-2-6-10-19)23-13-11-22(12-14-23)24(15-16-28-22)21(26)18-7-3-1-4-8-18/h1-10H,11-17H2. The number of carbonyl (C=O) groups is 2. The molecule has 0 atom stereocenters. The van der Waals surface area contributed by atoms with Crippen LogP contribution < -0.4 is 0 Å². The Morgan fingerprint density at radius 2 is 1.57 bits per heavy atom. The highest BCUT2D eigenvalue weighted by molar-refractivity contribution is 8.01. The molecule has 0 bridgehead atoms. The Balaban J connectivity index is 1.36. The maximum atomic E-state index is 13.0. The van der Waals surface area contributed by atoms with Gasteiger partial charge in [0.05, 0.1) is 10.6 Å². The van der Waals surface area contributed by atoms with E-state index in [4.69, 9.17) is 0 Å². The van der Waals surface area contributed by atoms with Crippen molar-refractivity contribution in [3.8, 4) is 0 Å². The fourth-order valence-corrected chi connectivity index (χ4v) is 6.18. The van der Waals surface area contributed by atoms with Gasteiger partial charge in [-0.2, -0.15) is 0 Å². The monoisotopic (exact) mass is 412 g/mol. The van der Waals surface area contributed by atoms with Crippen molar-refractivity contribution in [3.05, 3.63) is 66.2 Å². The Morgan fingerprint density at radius 1 is 0.929 bits per heavy atom. The van der Waals surface area contributed by atoms with Gasteiger partial charge in [0.2, 0.25) is 5.91 Å². The number of thioether (sulfide) groups is 2. The molecule has 2 amide bonds. The van der Waals surface area contributed by atoms with Crippen molar-refractivity contribution >= 4 is 35.3 Å². The number of hydrogen-bond acceptors (Lipinski definition) is 4. The molecule has 1 spiro atoms. The minimum Gasteiger partial charge on any atom is -0.342 e. The van der Waals surface area contributed by atoms with Crippen LogP contribution in [0.4, 0.5) is 0 Å². The second-order valence-electron chi connectivity index (χ2n) is 7.10. The van der Waals surface area contributed by atoms with E-state index < -0.39 is 0 Å². The molecular formula is C22H24N2O2S2. The van der Waals surface area contributed by atoms with E-state index in [9.17, 15) is 9.59 Å². The van der Waals surface area contributed by atoms with Gasteiger partial charge in [-0.3, -0.25) is 9.59 Å². The van der Waals surface area contributed by atoms with Crippen molar-refractivity contribution in [2.24, 2.45) is 0 Å². The third-order valence-electron chi connectivity index (χ3n) is 5.45. The average Bonchev–Trinajstić information content (AvgIpc) is 3.16. The third-order valence-corrected chi connectivity index (χ3v) is 8.00. The van der Waals surface area contributed by atoms with E-state index >= 15 is 0 Å². The van der Waals surface area contributed by atoms with E-state index in [1.807, 2.05) is 82.2 Å².